The summed E-state index contributed by atoms with van der Waals surface area (Å²) in [5.74, 6) is -1.03. The van der Waals surface area contributed by atoms with E-state index < -0.39 is 11.9 Å². The number of amides is 1. The second kappa shape index (κ2) is 9.15. The number of ether oxygens (including phenoxy) is 1. The number of rotatable bonds is 5. The maximum atomic E-state index is 13.1. The van der Waals surface area contributed by atoms with Gasteiger partial charge in [-0.25, -0.2) is 4.79 Å². The van der Waals surface area contributed by atoms with Gasteiger partial charge in [-0.1, -0.05) is 41.9 Å². The molecule has 3 rings (SSSR count). The van der Waals surface area contributed by atoms with Crippen LogP contribution in [0.5, 0.6) is 0 Å². The Balaban J connectivity index is 2.06. The molecule has 0 saturated heterocycles. The summed E-state index contributed by atoms with van der Waals surface area (Å²) in [4.78, 5) is 27.7. The number of hydrogen-bond acceptors (Lipinski definition) is 4. The Morgan fingerprint density at radius 3 is 2.67 bits per heavy atom. The fraction of sp³-hybridized carbons (Fsp3) is 0.292. The van der Waals surface area contributed by atoms with Crippen LogP contribution in [0.1, 0.15) is 49.8 Å². The first kappa shape index (κ1) is 21.6. The molecule has 0 N–H and O–H groups in total. The molecule has 5 nitrogen and oxygen atoms in total. The van der Waals surface area contributed by atoms with Crippen LogP contribution in [0.3, 0.4) is 0 Å². The zero-order chi connectivity index (χ0) is 21.8. The Morgan fingerprint density at radius 1 is 1.27 bits per heavy atom. The van der Waals surface area contributed by atoms with Gasteiger partial charge < -0.3 is 9.64 Å². The van der Waals surface area contributed by atoms with Crippen LogP contribution in [0.2, 0.25) is 5.02 Å². The summed E-state index contributed by atoms with van der Waals surface area (Å²) in [5, 5.41) is 9.65. The summed E-state index contributed by atoms with van der Waals surface area (Å²) >= 11 is 6.40. The highest BCUT2D eigenvalue weighted by atomic mass is 35.5. The van der Waals surface area contributed by atoms with Gasteiger partial charge in [-0.3, -0.25) is 4.79 Å². The van der Waals surface area contributed by atoms with Gasteiger partial charge in [0.1, 0.15) is 0 Å². The zero-order valence-electron chi connectivity index (χ0n) is 17.2. The van der Waals surface area contributed by atoms with Crippen molar-refractivity contribution in [3.8, 4) is 6.07 Å². The minimum atomic E-state index is -0.473. The van der Waals surface area contributed by atoms with E-state index in [-0.39, 0.29) is 25.0 Å². The molecule has 0 unspecified atom stereocenters. The Labute approximate surface area is 181 Å². The van der Waals surface area contributed by atoms with E-state index in [1.165, 1.54) is 0 Å². The van der Waals surface area contributed by atoms with Gasteiger partial charge >= 0.3 is 5.97 Å². The van der Waals surface area contributed by atoms with Gasteiger partial charge in [0.05, 0.1) is 29.9 Å². The molecule has 2 aromatic rings. The number of allylic oxidation sites excluding steroid dienone is 1. The molecule has 30 heavy (non-hydrogen) atoms. The molecule has 6 heteroatoms. The standard InChI is InChI=1S/C24H23ClN2O3/c1-15(2)30-24(29)23-16(3)27(14-18-8-6-7-17(11-18)13-26)22(28)12-20(23)19-9-4-5-10-21(19)25/h4-11,15,20H,12,14H2,1-3H3/t20-/m0/s1. The first-order valence-corrected chi connectivity index (χ1v) is 10.1. The molecule has 1 aliphatic rings. The van der Waals surface area contributed by atoms with Crippen molar-refractivity contribution in [3.63, 3.8) is 0 Å². The first-order chi connectivity index (χ1) is 14.3. The number of nitrogens with zero attached hydrogens (tertiary/aromatic N) is 2. The lowest BCUT2D eigenvalue weighted by atomic mass is 9.83. The minimum absolute atomic E-state index is 0.110. The van der Waals surface area contributed by atoms with Gasteiger partial charge in [0.15, 0.2) is 0 Å². The third-order valence-corrected chi connectivity index (χ3v) is 5.41. The first-order valence-electron chi connectivity index (χ1n) is 9.77. The van der Waals surface area contributed by atoms with Gasteiger partial charge in [0.25, 0.3) is 0 Å². The number of carbonyl (C=O) groups excluding carboxylic acids is 2. The number of nitriles is 1. The molecule has 2 aromatic carbocycles. The summed E-state index contributed by atoms with van der Waals surface area (Å²) in [6, 6.07) is 16.4. The number of halogens is 1. The van der Waals surface area contributed by atoms with E-state index in [1.54, 1.807) is 49.9 Å². The molecule has 1 heterocycles. The Kier molecular flexibility index (Phi) is 6.59. The summed E-state index contributed by atoms with van der Waals surface area (Å²) in [6.45, 7) is 5.61. The third-order valence-electron chi connectivity index (χ3n) is 5.06. The Hall–Kier alpha value is -3.10. The van der Waals surface area contributed by atoms with E-state index in [1.807, 2.05) is 24.3 Å². The van der Waals surface area contributed by atoms with Crippen molar-refractivity contribution in [2.75, 3.05) is 0 Å². The van der Waals surface area contributed by atoms with Crippen molar-refractivity contribution in [2.45, 2.75) is 45.8 Å². The van der Waals surface area contributed by atoms with Crippen LogP contribution in [0.4, 0.5) is 0 Å². The Morgan fingerprint density at radius 2 is 2.00 bits per heavy atom. The fourth-order valence-corrected chi connectivity index (χ4v) is 3.96. The lowest BCUT2D eigenvalue weighted by Crippen LogP contribution is -2.38. The number of esters is 1. The monoisotopic (exact) mass is 422 g/mol. The largest absolute Gasteiger partial charge is 0.460 e. The van der Waals surface area contributed by atoms with E-state index in [4.69, 9.17) is 21.6 Å². The van der Waals surface area contributed by atoms with Gasteiger partial charge in [0, 0.05) is 23.1 Å². The molecule has 1 atom stereocenters. The molecule has 0 radical (unpaired) electrons. The molecule has 154 valence electrons. The summed E-state index contributed by atoms with van der Waals surface area (Å²) in [5.41, 5.74) is 3.05. The van der Waals surface area contributed by atoms with Crippen molar-refractivity contribution in [1.82, 2.24) is 4.90 Å². The molecule has 1 amide bonds. The molecule has 0 bridgehead atoms. The van der Waals surface area contributed by atoms with Gasteiger partial charge in [-0.2, -0.15) is 5.26 Å². The van der Waals surface area contributed by atoms with Gasteiger partial charge in [-0.15, -0.1) is 0 Å². The van der Waals surface area contributed by atoms with Crippen molar-refractivity contribution in [2.24, 2.45) is 0 Å². The van der Waals surface area contributed by atoms with Crippen molar-refractivity contribution in [3.05, 3.63) is 81.5 Å². The van der Waals surface area contributed by atoms with Gasteiger partial charge in [-0.05, 0) is 50.1 Å². The van der Waals surface area contributed by atoms with Gasteiger partial charge in [0.2, 0.25) is 5.91 Å². The van der Waals surface area contributed by atoms with Crippen LogP contribution in [0.15, 0.2) is 59.8 Å². The average Bonchev–Trinajstić information content (AvgIpc) is 2.70. The molecular weight excluding hydrogens is 400 g/mol. The van der Waals surface area contributed by atoms with E-state index in [9.17, 15) is 9.59 Å². The van der Waals surface area contributed by atoms with Crippen molar-refractivity contribution < 1.29 is 14.3 Å². The normalized spacial score (nSPS) is 16.6. The highest BCUT2D eigenvalue weighted by Gasteiger charge is 2.38. The van der Waals surface area contributed by atoms with E-state index in [0.29, 0.717) is 21.9 Å². The number of carbonyl (C=O) groups is 2. The molecule has 0 aliphatic carbocycles. The maximum absolute atomic E-state index is 13.1. The minimum Gasteiger partial charge on any atom is -0.460 e. The van der Waals surface area contributed by atoms with E-state index in [2.05, 4.69) is 6.07 Å². The van der Waals surface area contributed by atoms with Crippen molar-refractivity contribution in [1.29, 1.82) is 5.26 Å². The lowest BCUT2D eigenvalue weighted by molar-refractivity contribution is -0.143. The van der Waals surface area contributed by atoms with Crippen LogP contribution >= 0.6 is 11.6 Å². The van der Waals surface area contributed by atoms with Crippen LogP contribution in [-0.2, 0) is 20.9 Å². The molecule has 0 aromatic heterocycles. The second-order valence-corrected chi connectivity index (χ2v) is 7.93. The summed E-state index contributed by atoms with van der Waals surface area (Å²) < 4.78 is 5.50. The zero-order valence-corrected chi connectivity index (χ0v) is 17.9. The highest BCUT2D eigenvalue weighted by molar-refractivity contribution is 6.31. The second-order valence-electron chi connectivity index (χ2n) is 7.52. The quantitative estimate of drug-likeness (QED) is 0.639. The molecule has 0 saturated carbocycles. The Bertz CT molecular complexity index is 1050. The molecule has 1 aliphatic heterocycles. The SMILES string of the molecule is CC1=C(C(=O)OC(C)C)[C@H](c2ccccc2Cl)CC(=O)N1Cc1cccc(C#N)c1. The molecule has 0 spiro atoms. The fourth-order valence-electron chi connectivity index (χ4n) is 3.69. The van der Waals surface area contributed by atoms with Crippen LogP contribution in [0.25, 0.3) is 0 Å². The van der Waals surface area contributed by atoms with Crippen LogP contribution in [0, 0.1) is 11.3 Å². The summed E-state index contributed by atoms with van der Waals surface area (Å²) in [7, 11) is 0. The smallest absolute Gasteiger partial charge is 0.336 e. The number of hydrogen-bond donors (Lipinski definition) is 0. The third kappa shape index (κ3) is 4.55. The maximum Gasteiger partial charge on any atom is 0.336 e. The summed E-state index contributed by atoms with van der Waals surface area (Å²) in [6.07, 6.45) is -0.176. The topological polar surface area (TPSA) is 70.4 Å². The van der Waals surface area contributed by atoms with Crippen LogP contribution < -0.4 is 0 Å². The average molecular weight is 423 g/mol. The molecular formula is C24H23ClN2O3. The predicted molar refractivity (Wildman–Crippen MR) is 114 cm³/mol. The number of benzene rings is 2. The predicted octanol–water partition coefficient (Wildman–Crippen LogP) is 4.95. The molecule has 0 fully saturated rings. The lowest BCUT2D eigenvalue weighted by Gasteiger charge is -2.35. The highest BCUT2D eigenvalue weighted by Crippen LogP contribution is 2.40. The van der Waals surface area contributed by atoms with Crippen LogP contribution in [-0.4, -0.2) is 22.9 Å². The van der Waals surface area contributed by atoms with E-state index in [0.717, 1.165) is 11.1 Å². The van der Waals surface area contributed by atoms with E-state index >= 15 is 0 Å². The van der Waals surface area contributed by atoms with Crippen molar-refractivity contribution >= 4 is 23.5 Å².